The molecule has 29 heavy (non-hydrogen) atoms. The molecular formula is C20H26N5O4+. The summed E-state index contributed by atoms with van der Waals surface area (Å²) in [7, 11) is 1.74. The van der Waals surface area contributed by atoms with Gasteiger partial charge in [0.2, 0.25) is 11.7 Å². The van der Waals surface area contributed by atoms with Crippen LogP contribution in [0.2, 0.25) is 0 Å². The fraction of sp³-hybridized carbons (Fsp3) is 0.450. The number of fused-ring (bicyclic) bond motifs is 1. The number of nitrogens with zero attached hydrogens (tertiary/aromatic N) is 3. The van der Waals surface area contributed by atoms with Crippen LogP contribution in [0.3, 0.4) is 0 Å². The highest BCUT2D eigenvalue weighted by molar-refractivity contribution is 5.67. The number of aromatic nitrogens is 4. The number of aryl methyl sites for hydroxylation is 1. The Hall–Kier alpha value is -2.75. The summed E-state index contributed by atoms with van der Waals surface area (Å²) >= 11 is 0. The van der Waals surface area contributed by atoms with Crippen molar-refractivity contribution in [3.8, 4) is 0 Å². The van der Waals surface area contributed by atoms with Crippen LogP contribution >= 0.6 is 0 Å². The number of aliphatic hydroxyl groups excluding tert-OH is 1. The van der Waals surface area contributed by atoms with Gasteiger partial charge in [0.25, 0.3) is 11.5 Å². The quantitative estimate of drug-likeness (QED) is 0.413. The zero-order valence-electron chi connectivity index (χ0n) is 16.5. The van der Waals surface area contributed by atoms with E-state index < -0.39 is 12.3 Å². The van der Waals surface area contributed by atoms with Gasteiger partial charge in [0.1, 0.15) is 6.10 Å². The third kappa shape index (κ3) is 3.76. The van der Waals surface area contributed by atoms with E-state index in [4.69, 9.17) is 15.2 Å². The molecule has 4 atom stereocenters. The number of nitrogens with one attached hydrogen (secondary N) is 1. The summed E-state index contributed by atoms with van der Waals surface area (Å²) in [6, 6.07) is 9.96. The molecule has 2 aromatic heterocycles. The summed E-state index contributed by atoms with van der Waals surface area (Å²) in [5.74, 6) is -0.0771. The maximum absolute atomic E-state index is 12.2. The van der Waals surface area contributed by atoms with Gasteiger partial charge in [0.15, 0.2) is 6.33 Å². The van der Waals surface area contributed by atoms with E-state index in [1.54, 1.807) is 22.5 Å². The molecule has 1 aromatic carbocycles. The molecule has 0 saturated carbocycles. The summed E-state index contributed by atoms with van der Waals surface area (Å²) in [6.07, 6.45) is 0.774. The Balaban J connectivity index is 1.47. The molecule has 1 aliphatic rings. The van der Waals surface area contributed by atoms with Gasteiger partial charge in [-0.1, -0.05) is 35.3 Å². The largest absolute Gasteiger partial charge is 0.386 e. The number of aliphatic hydroxyl groups is 1. The molecule has 0 bridgehead atoms. The maximum Gasteiger partial charge on any atom is 0.313 e. The highest BCUT2D eigenvalue weighted by atomic mass is 16.5. The van der Waals surface area contributed by atoms with E-state index in [9.17, 15) is 9.90 Å². The van der Waals surface area contributed by atoms with Crippen molar-refractivity contribution >= 4 is 17.1 Å². The van der Waals surface area contributed by atoms with Crippen molar-refractivity contribution in [3.05, 3.63) is 52.6 Å². The zero-order chi connectivity index (χ0) is 20.5. The fourth-order valence-corrected chi connectivity index (χ4v) is 3.96. The minimum Gasteiger partial charge on any atom is -0.386 e. The number of hydrogen-bond acceptors (Lipinski definition) is 6. The van der Waals surface area contributed by atoms with Crippen LogP contribution in [0.25, 0.3) is 11.2 Å². The van der Waals surface area contributed by atoms with Gasteiger partial charge in [-0.25, -0.2) is 4.57 Å². The molecule has 1 fully saturated rings. The Morgan fingerprint density at radius 3 is 2.90 bits per heavy atom. The molecule has 9 heteroatoms. The lowest BCUT2D eigenvalue weighted by molar-refractivity contribution is -0.745. The third-order valence-electron chi connectivity index (χ3n) is 5.46. The Bertz CT molecular complexity index is 1050. The summed E-state index contributed by atoms with van der Waals surface area (Å²) in [5, 5.41) is 10.9. The molecule has 0 amide bonds. The SMILES string of the molecule is C[C@H]1O[C@@H]([n+]2cn(C)c3c(=O)[nH]c(N)nc32)[C@H](O)[C@@H]1CCOCc1ccccc1. The first-order valence-electron chi connectivity index (χ1n) is 9.67. The number of benzene rings is 1. The van der Waals surface area contributed by atoms with E-state index in [0.717, 1.165) is 5.56 Å². The van der Waals surface area contributed by atoms with Crippen LogP contribution in [-0.2, 0) is 23.1 Å². The van der Waals surface area contributed by atoms with E-state index in [1.165, 1.54) is 0 Å². The van der Waals surface area contributed by atoms with Crippen LogP contribution in [-0.4, -0.2) is 38.5 Å². The number of anilines is 1. The predicted octanol–water partition coefficient (Wildman–Crippen LogP) is 0.633. The van der Waals surface area contributed by atoms with E-state index in [-0.39, 0.29) is 23.5 Å². The lowest BCUT2D eigenvalue weighted by Gasteiger charge is -2.17. The molecule has 0 unspecified atom stereocenters. The number of imidazole rings is 1. The first-order chi connectivity index (χ1) is 14.0. The second-order valence-electron chi connectivity index (χ2n) is 7.47. The van der Waals surface area contributed by atoms with Crippen LogP contribution in [0.4, 0.5) is 5.95 Å². The lowest BCUT2D eigenvalue weighted by Crippen LogP contribution is -2.45. The normalized spacial score (nSPS) is 24.4. The average molecular weight is 400 g/mol. The van der Waals surface area contributed by atoms with Gasteiger partial charge in [0, 0.05) is 12.5 Å². The van der Waals surface area contributed by atoms with Crippen LogP contribution in [0, 0.1) is 5.92 Å². The molecule has 154 valence electrons. The van der Waals surface area contributed by atoms with Crippen molar-refractivity contribution in [1.82, 2.24) is 14.5 Å². The number of rotatable bonds is 6. The molecular weight excluding hydrogens is 374 g/mol. The van der Waals surface area contributed by atoms with Crippen molar-refractivity contribution < 1.29 is 19.1 Å². The van der Waals surface area contributed by atoms with Crippen LogP contribution in [0.1, 0.15) is 25.1 Å². The molecule has 3 aromatic rings. The van der Waals surface area contributed by atoms with Gasteiger partial charge < -0.3 is 20.3 Å². The van der Waals surface area contributed by atoms with Crippen molar-refractivity contribution in [1.29, 1.82) is 0 Å². The number of H-pyrrole nitrogens is 1. The summed E-state index contributed by atoms with van der Waals surface area (Å²) in [5.41, 5.74) is 7.24. The van der Waals surface area contributed by atoms with Crippen LogP contribution in [0.15, 0.2) is 41.5 Å². The molecule has 4 N–H and O–H groups in total. The average Bonchev–Trinajstić information content (AvgIpc) is 3.16. The minimum atomic E-state index is -0.761. The summed E-state index contributed by atoms with van der Waals surface area (Å²) in [6.45, 7) is 2.99. The van der Waals surface area contributed by atoms with E-state index in [1.807, 2.05) is 37.3 Å². The fourth-order valence-electron chi connectivity index (χ4n) is 3.96. The Morgan fingerprint density at radius 2 is 2.14 bits per heavy atom. The van der Waals surface area contributed by atoms with E-state index >= 15 is 0 Å². The smallest absolute Gasteiger partial charge is 0.313 e. The second-order valence-corrected chi connectivity index (χ2v) is 7.47. The third-order valence-corrected chi connectivity index (χ3v) is 5.46. The number of ether oxygens (including phenoxy) is 2. The Labute approximate surface area is 167 Å². The molecule has 3 heterocycles. The van der Waals surface area contributed by atoms with Gasteiger partial charge in [-0.05, 0) is 18.9 Å². The van der Waals surface area contributed by atoms with Crippen LogP contribution < -0.4 is 15.9 Å². The number of aromatic amines is 1. The van der Waals surface area contributed by atoms with E-state index in [0.29, 0.717) is 30.8 Å². The molecule has 0 radical (unpaired) electrons. The molecule has 1 saturated heterocycles. The van der Waals surface area contributed by atoms with Crippen molar-refractivity contribution in [3.63, 3.8) is 0 Å². The number of nitrogens with two attached hydrogens (primary N) is 1. The first kappa shape index (κ1) is 19.6. The maximum atomic E-state index is 12.2. The van der Waals surface area contributed by atoms with Gasteiger partial charge in [-0.15, -0.1) is 0 Å². The Morgan fingerprint density at radius 1 is 1.38 bits per heavy atom. The highest BCUT2D eigenvalue weighted by Gasteiger charge is 2.45. The van der Waals surface area contributed by atoms with Crippen molar-refractivity contribution in [2.24, 2.45) is 13.0 Å². The van der Waals surface area contributed by atoms with Gasteiger partial charge >= 0.3 is 5.65 Å². The zero-order valence-corrected chi connectivity index (χ0v) is 16.5. The molecule has 0 spiro atoms. The number of hydrogen-bond donors (Lipinski definition) is 3. The van der Waals surface area contributed by atoms with Gasteiger partial charge in [-0.3, -0.25) is 14.3 Å². The predicted molar refractivity (Wildman–Crippen MR) is 106 cm³/mol. The van der Waals surface area contributed by atoms with Crippen LogP contribution in [0.5, 0.6) is 0 Å². The topological polar surface area (TPSA) is 119 Å². The lowest BCUT2D eigenvalue weighted by atomic mass is 9.95. The minimum absolute atomic E-state index is 0.0221. The van der Waals surface area contributed by atoms with Crippen molar-refractivity contribution in [2.75, 3.05) is 12.3 Å². The summed E-state index contributed by atoms with van der Waals surface area (Å²) < 4.78 is 15.1. The standard InChI is InChI=1S/C20H25N5O4/c1-12-14(8-9-28-10-13-6-4-3-5-7-13)16(26)19(29-12)25-11-24(2)15-17(25)22-20(21)23-18(15)27/h3-7,11-12,14,16,19,26H,8-10H2,1-2H3,(H2-,21,22,23,27)/p+1/t12-,14-,16-,19-/m1/s1. The monoisotopic (exact) mass is 400 g/mol. The highest BCUT2D eigenvalue weighted by Crippen LogP contribution is 2.33. The second kappa shape index (κ2) is 7.94. The van der Waals surface area contributed by atoms with Gasteiger partial charge in [-0.2, -0.15) is 0 Å². The number of nitrogen functional groups attached to an aromatic ring is 1. The Kier molecular flexibility index (Phi) is 5.35. The molecule has 4 rings (SSSR count). The van der Waals surface area contributed by atoms with Crippen molar-refractivity contribution in [2.45, 2.75) is 38.4 Å². The summed E-state index contributed by atoms with van der Waals surface area (Å²) in [4.78, 5) is 19.0. The molecule has 1 aliphatic heterocycles. The molecule has 9 nitrogen and oxygen atoms in total. The molecule has 0 aliphatic carbocycles. The van der Waals surface area contributed by atoms with E-state index in [2.05, 4.69) is 9.97 Å². The van der Waals surface area contributed by atoms with Gasteiger partial charge in [0.05, 0.1) is 19.8 Å². The first-order valence-corrected chi connectivity index (χ1v) is 9.67.